The molecule has 4 rings (SSSR count). The predicted molar refractivity (Wildman–Crippen MR) is 128 cm³/mol. The van der Waals surface area contributed by atoms with E-state index in [1.54, 1.807) is 0 Å². The van der Waals surface area contributed by atoms with E-state index in [2.05, 4.69) is 115 Å². The standard InChI is InChI=1S/C28H33N/c1-18-10-9-11-19(2)26(18)29-24-14-12-20(27(3,4)5)16-22(24)23-17-21(28(6,7)8)13-15-25(23)29/h9-17H,1-8H3. The molecule has 1 heteroatoms. The van der Waals surface area contributed by atoms with Crippen LogP contribution >= 0.6 is 0 Å². The van der Waals surface area contributed by atoms with Gasteiger partial charge in [-0.1, -0.05) is 71.9 Å². The fourth-order valence-electron chi connectivity index (χ4n) is 4.36. The molecule has 0 amide bonds. The maximum absolute atomic E-state index is 2.47. The maximum atomic E-state index is 2.47. The van der Waals surface area contributed by atoms with Crippen molar-refractivity contribution >= 4 is 21.8 Å². The van der Waals surface area contributed by atoms with Crippen molar-refractivity contribution in [3.8, 4) is 5.69 Å². The van der Waals surface area contributed by atoms with E-state index in [0.29, 0.717) is 0 Å². The molecule has 0 aliphatic carbocycles. The summed E-state index contributed by atoms with van der Waals surface area (Å²) in [4.78, 5) is 0. The largest absolute Gasteiger partial charge is 0.309 e. The average Bonchev–Trinajstić information content (AvgIpc) is 2.93. The molecule has 150 valence electrons. The molecule has 3 aromatic carbocycles. The van der Waals surface area contributed by atoms with Crippen LogP contribution in [0, 0.1) is 13.8 Å². The third kappa shape index (κ3) is 3.27. The number of nitrogens with zero attached hydrogens (tertiary/aromatic N) is 1. The molecule has 0 unspecified atom stereocenters. The Morgan fingerprint density at radius 1 is 0.586 bits per heavy atom. The lowest BCUT2D eigenvalue weighted by atomic mass is 9.85. The van der Waals surface area contributed by atoms with Crippen LogP contribution in [0.15, 0.2) is 54.6 Å². The van der Waals surface area contributed by atoms with Gasteiger partial charge in [-0.2, -0.15) is 0 Å². The van der Waals surface area contributed by atoms with Crippen molar-refractivity contribution in [1.29, 1.82) is 0 Å². The summed E-state index contributed by atoms with van der Waals surface area (Å²) >= 11 is 0. The van der Waals surface area contributed by atoms with Crippen LogP contribution in [-0.4, -0.2) is 4.57 Å². The zero-order valence-corrected chi connectivity index (χ0v) is 19.1. The van der Waals surface area contributed by atoms with Gasteiger partial charge in [-0.25, -0.2) is 0 Å². The highest BCUT2D eigenvalue weighted by atomic mass is 15.0. The van der Waals surface area contributed by atoms with Crippen LogP contribution in [0.3, 0.4) is 0 Å². The number of benzene rings is 3. The molecular weight excluding hydrogens is 350 g/mol. The topological polar surface area (TPSA) is 4.93 Å². The molecule has 0 fully saturated rings. The van der Waals surface area contributed by atoms with E-state index in [-0.39, 0.29) is 10.8 Å². The van der Waals surface area contributed by atoms with Gasteiger partial charge in [0, 0.05) is 10.8 Å². The minimum atomic E-state index is 0.128. The Hall–Kier alpha value is -2.54. The smallest absolute Gasteiger partial charge is 0.0541 e. The lowest BCUT2D eigenvalue weighted by Gasteiger charge is -2.19. The number of aromatic nitrogens is 1. The van der Waals surface area contributed by atoms with Gasteiger partial charge in [-0.15, -0.1) is 0 Å². The number of para-hydroxylation sites is 1. The minimum absolute atomic E-state index is 0.128. The van der Waals surface area contributed by atoms with E-state index < -0.39 is 0 Å². The molecule has 4 aromatic rings. The highest BCUT2D eigenvalue weighted by molar-refractivity contribution is 6.10. The lowest BCUT2D eigenvalue weighted by molar-refractivity contribution is 0.590. The summed E-state index contributed by atoms with van der Waals surface area (Å²) in [6, 6.07) is 20.6. The molecule has 0 N–H and O–H groups in total. The Morgan fingerprint density at radius 2 is 1.00 bits per heavy atom. The van der Waals surface area contributed by atoms with E-state index in [0.717, 1.165) is 0 Å². The minimum Gasteiger partial charge on any atom is -0.309 e. The number of aryl methyl sites for hydroxylation is 2. The highest BCUT2D eigenvalue weighted by Gasteiger charge is 2.21. The SMILES string of the molecule is Cc1cccc(C)c1-n1c2ccc(C(C)(C)C)cc2c2cc(C(C)(C)C)ccc21. The molecule has 0 bridgehead atoms. The lowest BCUT2D eigenvalue weighted by Crippen LogP contribution is -2.10. The Balaban J connectivity index is 2.18. The maximum Gasteiger partial charge on any atom is 0.0541 e. The van der Waals surface area contributed by atoms with Crippen LogP contribution in [0.25, 0.3) is 27.5 Å². The third-order valence-corrected chi connectivity index (χ3v) is 6.16. The van der Waals surface area contributed by atoms with E-state index in [4.69, 9.17) is 0 Å². The Kier molecular flexibility index (Phi) is 4.42. The van der Waals surface area contributed by atoms with Crippen molar-refractivity contribution in [3.63, 3.8) is 0 Å². The molecule has 0 radical (unpaired) electrons. The van der Waals surface area contributed by atoms with Crippen molar-refractivity contribution in [2.24, 2.45) is 0 Å². The van der Waals surface area contributed by atoms with Crippen LogP contribution in [0.1, 0.15) is 63.8 Å². The fraction of sp³-hybridized carbons (Fsp3) is 0.357. The molecule has 1 nitrogen and oxygen atoms in total. The zero-order valence-electron chi connectivity index (χ0n) is 19.1. The van der Waals surface area contributed by atoms with Crippen LogP contribution < -0.4 is 0 Å². The summed E-state index contributed by atoms with van der Waals surface area (Å²) in [7, 11) is 0. The molecule has 29 heavy (non-hydrogen) atoms. The number of rotatable bonds is 1. The Bertz CT molecular complexity index is 1130. The van der Waals surface area contributed by atoms with Gasteiger partial charge in [0.1, 0.15) is 0 Å². The summed E-state index contributed by atoms with van der Waals surface area (Å²) in [5.74, 6) is 0. The first-order chi connectivity index (χ1) is 13.5. The van der Waals surface area contributed by atoms with Gasteiger partial charge in [0.15, 0.2) is 0 Å². The summed E-state index contributed by atoms with van der Waals surface area (Å²) in [6.07, 6.45) is 0. The molecule has 0 aliphatic heterocycles. The Labute approximate surface area is 175 Å². The zero-order chi connectivity index (χ0) is 21.1. The van der Waals surface area contributed by atoms with Crippen molar-refractivity contribution < 1.29 is 0 Å². The van der Waals surface area contributed by atoms with Gasteiger partial charge < -0.3 is 4.57 Å². The Morgan fingerprint density at radius 3 is 1.38 bits per heavy atom. The first-order valence-corrected chi connectivity index (χ1v) is 10.6. The van der Waals surface area contributed by atoms with Gasteiger partial charge >= 0.3 is 0 Å². The molecule has 1 heterocycles. The second-order valence-electron chi connectivity index (χ2n) is 10.5. The number of fused-ring (bicyclic) bond motifs is 3. The fourth-order valence-corrected chi connectivity index (χ4v) is 4.36. The van der Waals surface area contributed by atoms with E-state index in [9.17, 15) is 0 Å². The molecule has 0 saturated carbocycles. The van der Waals surface area contributed by atoms with Crippen LogP contribution in [0.5, 0.6) is 0 Å². The normalized spacial score (nSPS) is 12.8. The van der Waals surface area contributed by atoms with Crippen molar-refractivity contribution in [2.75, 3.05) is 0 Å². The van der Waals surface area contributed by atoms with Gasteiger partial charge in [-0.05, 0) is 71.2 Å². The quantitative estimate of drug-likeness (QED) is 0.314. The predicted octanol–water partition coefficient (Wildman–Crippen LogP) is 8.00. The average molecular weight is 384 g/mol. The molecule has 1 aromatic heterocycles. The second-order valence-corrected chi connectivity index (χ2v) is 10.5. The highest BCUT2D eigenvalue weighted by Crippen LogP contribution is 2.38. The summed E-state index contributed by atoms with van der Waals surface area (Å²) < 4.78 is 2.47. The van der Waals surface area contributed by atoms with Crippen LogP contribution in [0.4, 0.5) is 0 Å². The van der Waals surface area contributed by atoms with Crippen molar-refractivity contribution in [2.45, 2.75) is 66.2 Å². The third-order valence-electron chi connectivity index (χ3n) is 6.16. The summed E-state index contributed by atoms with van der Waals surface area (Å²) in [6.45, 7) is 18.2. The molecule has 0 spiro atoms. The second kappa shape index (κ2) is 6.49. The summed E-state index contributed by atoms with van der Waals surface area (Å²) in [5, 5.41) is 2.70. The molecule has 0 aliphatic rings. The van der Waals surface area contributed by atoms with Gasteiger partial charge in [-0.3, -0.25) is 0 Å². The first-order valence-electron chi connectivity index (χ1n) is 10.6. The monoisotopic (exact) mass is 383 g/mol. The van der Waals surface area contributed by atoms with E-state index in [1.807, 2.05) is 0 Å². The van der Waals surface area contributed by atoms with E-state index in [1.165, 1.54) is 49.7 Å². The van der Waals surface area contributed by atoms with E-state index >= 15 is 0 Å². The number of hydrogen-bond acceptors (Lipinski definition) is 0. The van der Waals surface area contributed by atoms with Gasteiger partial charge in [0.25, 0.3) is 0 Å². The number of hydrogen-bond donors (Lipinski definition) is 0. The van der Waals surface area contributed by atoms with Crippen molar-refractivity contribution in [1.82, 2.24) is 4.57 Å². The van der Waals surface area contributed by atoms with Gasteiger partial charge in [0.05, 0.1) is 16.7 Å². The first kappa shape index (κ1) is 19.8. The van der Waals surface area contributed by atoms with Crippen LogP contribution in [-0.2, 0) is 10.8 Å². The van der Waals surface area contributed by atoms with Crippen LogP contribution in [0.2, 0.25) is 0 Å². The molecular formula is C28H33N. The summed E-state index contributed by atoms with van der Waals surface area (Å²) in [5.41, 5.74) is 9.52. The van der Waals surface area contributed by atoms with Crippen molar-refractivity contribution in [3.05, 3.63) is 76.9 Å². The molecule has 0 atom stereocenters. The van der Waals surface area contributed by atoms with Gasteiger partial charge in [0.2, 0.25) is 0 Å². The molecule has 0 saturated heterocycles.